The van der Waals surface area contributed by atoms with Crippen LogP contribution < -0.4 is 10.2 Å². The lowest BCUT2D eigenvalue weighted by Gasteiger charge is -2.34. The number of nitrogens with zero attached hydrogens (tertiary/aromatic N) is 7. The highest BCUT2D eigenvalue weighted by Gasteiger charge is 2.47. The van der Waals surface area contributed by atoms with Gasteiger partial charge in [0.25, 0.3) is 0 Å². The molecule has 2 spiro atoms. The number of rotatable bonds is 3. The fourth-order valence-corrected chi connectivity index (χ4v) is 10.7. The molecule has 0 amide bonds. The van der Waals surface area contributed by atoms with Gasteiger partial charge in [0.05, 0.1) is 67.3 Å². The third kappa shape index (κ3) is 8.78. The number of hydrogen-bond acceptors (Lipinski definition) is 10. The van der Waals surface area contributed by atoms with Gasteiger partial charge in [-0.3, -0.25) is 19.9 Å². The maximum Gasteiger partial charge on any atom is 0.125 e. The minimum atomic E-state index is -0.327. The summed E-state index contributed by atoms with van der Waals surface area (Å²) in [5.74, 6) is -0.629. The second kappa shape index (κ2) is 18.9. The van der Waals surface area contributed by atoms with Crippen molar-refractivity contribution in [2.75, 3.05) is 49.7 Å². The van der Waals surface area contributed by atoms with Crippen molar-refractivity contribution < 1.29 is 18.3 Å². The maximum atomic E-state index is 14.3. The van der Waals surface area contributed by atoms with Crippen molar-refractivity contribution in [3.05, 3.63) is 158 Å². The number of hydrogen-bond donors (Lipinski definition) is 1. The van der Waals surface area contributed by atoms with E-state index >= 15 is 0 Å². The number of fused-ring (bicyclic) bond motifs is 6. The summed E-state index contributed by atoms with van der Waals surface area (Å²) in [6.07, 6.45) is 11.2. The van der Waals surface area contributed by atoms with Gasteiger partial charge < -0.3 is 19.7 Å². The van der Waals surface area contributed by atoms with Crippen LogP contribution in [0.15, 0.2) is 119 Å². The lowest BCUT2D eigenvalue weighted by atomic mass is 9.78. The van der Waals surface area contributed by atoms with E-state index < -0.39 is 0 Å². The highest BCUT2D eigenvalue weighted by atomic mass is 79.9. The summed E-state index contributed by atoms with van der Waals surface area (Å²) in [7, 11) is 0. The lowest BCUT2D eigenvalue weighted by molar-refractivity contribution is 0.0545. The third-order valence-electron chi connectivity index (χ3n) is 13.3. The van der Waals surface area contributed by atoms with Gasteiger partial charge in [-0.25, -0.2) is 18.7 Å². The van der Waals surface area contributed by atoms with Gasteiger partial charge in [0, 0.05) is 113 Å². The molecule has 67 heavy (non-hydrogen) atoms. The SMILES string of the molecule is Brc1cnc2c(c1)NCC21CCOCC1.Cc1c(-c2ccccn2)nc2cc(F)ccc2c1Cl.Cc1c(-c2ccccn2)nc2cc(F)ccc2c1N1CC2(CCOCC2)c2ncc(Br)cc21. The van der Waals surface area contributed by atoms with Gasteiger partial charge in [-0.05, 0) is 138 Å². The first-order valence-electron chi connectivity index (χ1n) is 22.2. The van der Waals surface area contributed by atoms with Gasteiger partial charge >= 0.3 is 0 Å². The Morgan fingerprint density at radius 3 is 1.81 bits per heavy atom. The summed E-state index contributed by atoms with van der Waals surface area (Å²) >= 11 is 13.4. The van der Waals surface area contributed by atoms with Crippen LogP contribution >= 0.6 is 43.5 Å². The van der Waals surface area contributed by atoms with Crippen LogP contribution in [0.4, 0.5) is 25.8 Å². The first-order chi connectivity index (χ1) is 32.5. The largest absolute Gasteiger partial charge is 0.383 e. The fourth-order valence-electron chi connectivity index (χ4n) is 9.84. The number of benzene rings is 2. The molecule has 2 saturated heterocycles. The standard InChI is InChI=1S/C26H22BrFN4O.C15H10ClFN2.C11H13BrN2O/c1-16-23(20-4-2-3-9-29-20)31-21-13-18(28)5-6-19(21)24(16)32-15-26(7-10-33-11-8-26)25-22(32)12-17(27)14-30-25;1-9-14(16)11-6-5-10(17)8-13(11)19-15(9)12-4-2-3-7-18-12;12-8-5-9-10(13-6-8)11(7-14-9)1-3-15-4-2-11/h2-6,9,12-14H,7-8,10-11,15H2,1H3;2-8H,1H3;5-6,14H,1-4,7H2. The molecular weight excluding hydrogens is 1000 g/mol. The third-order valence-corrected chi connectivity index (χ3v) is 14.7. The van der Waals surface area contributed by atoms with Crippen molar-refractivity contribution >= 4 is 82.3 Å². The van der Waals surface area contributed by atoms with E-state index in [0.29, 0.717) is 21.7 Å². The second-order valence-corrected chi connectivity index (χ2v) is 19.6. The van der Waals surface area contributed by atoms with Gasteiger partial charge in [0.1, 0.15) is 11.6 Å². The quantitative estimate of drug-likeness (QED) is 0.184. The minimum absolute atomic E-state index is 0.0679. The number of nitrogens with one attached hydrogen (secondary N) is 1. The van der Waals surface area contributed by atoms with Crippen molar-refractivity contribution in [3.8, 4) is 22.8 Å². The summed E-state index contributed by atoms with van der Waals surface area (Å²) in [5.41, 5.74) is 11.8. The van der Waals surface area contributed by atoms with Crippen molar-refractivity contribution in [2.24, 2.45) is 0 Å². The van der Waals surface area contributed by atoms with Crippen LogP contribution in [0.2, 0.25) is 5.02 Å². The number of aromatic nitrogens is 6. The Kier molecular flexibility index (Phi) is 12.8. The molecule has 12 rings (SSSR count). The smallest absolute Gasteiger partial charge is 0.125 e. The normalized spacial score (nSPS) is 16.5. The Morgan fingerprint density at radius 2 is 1.19 bits per heavy atom. The zero-order valence-corrected chi connectivity index (χ0v) is 40.7. The van der Waals surface area contributed by atoms with Gasteiger partial charge in [0.2, 0.25) is 0 Å². The molecule has 0 unspecified atom stereocenters. The molecule has 0 saturated carbocycles. The zero-order valence-electron chi connectivity index (χ0n) is 36.8. The van der Waals surface area contributed by atoms with Crippen LogP contribution in [0.5, 0.6) is 0 Å². The lowest BCUT2D eigenvalue weighted by Crippen LogP contribution is -2.38. The summed E-state index contributed by atoms with van der Waals surface area (Å²) in [4.78, 5) is 29.9. The fraction of sp³-hybridized carbons (Fsp3) is 0.269. The Balaban J connectivity index is 0.000000130. The number of pyridine rings is 6. The molecule has 0 radical (unpaired) electrons. The predicted octanol–water partition coefficient (Wildman–Crippen LogP) is 12.8. The van der Waals surface area contributed by atoms with E-state index in [1.807, 2.05) is 61.8 Å². The van der Waals surface area contributed by atoms with Gasteiger partial charge in [-0.15, -0.1) is 0 Å². The van der Waals surface area contributed by atoms with Crippen LogP contribution in [0, 0.1) is 25.5 Å². The second-order valence-electron chi connectivity index (χ2n) is 17.4. The zero-order chi connectivity index (χ0) is 46.3. The predicted molar refractivity (Wildman–Crippen MR) is 267 cm³/mol. The summed E-state index contributed by atoms with van der Waals surface area (Å²) in [6, 6.07) is 24.9. The number of anilines is 3. The van der Waals surface area contributed by atoms with Crippen LogP contribution in [0.1, 0.15) is 48.2 Å². The first-order valence-corrected chi connectivity index (χ1v) is 24.2. The number of halogens is 5. The van der Waals surface area contributed by atoms with Crippen LogP contribution in [-0.2, 0) is 20.3 Å². The van der Waals surface area contributed by atoms with Crippen molar-refractivity contribution in [3.63, 3.8) is 0 Å². The molecular formula is C52H45Br2ClF2N8O2. The molecule has 4 aliphatic heterocycles. The van der Waals surface area contributed by atoms with E-state index in [2.05, 4.69) is 81.1 Å². The molecule has 6 aromatic heterocycles. The summed E-state index contributed by atoms with van der Waals surface area (Å²) in [5, 5.41) is 5.71. The van der Waals surface area contributed by atoms with Gasteiger partial charge in [-0.2, -0.15) is 0 Å². The highest BCUT2D eigenvalue weighted by molar-refractivity contribution is 9.10. The molecule has 2 fully saturated rings. The average molecular weight is 1050 g/mol. The summed E-state index contributed by atoms with van der Waals surface area (Å²) < 4.78 is 40.7. The topological polar surface area (TPSA) is 111 Å². The van der Waals surface area contributed by atoms with E-state index in [9.17, 15) is 8.78 Å². The summed E-state index contributed by atoms with van der Waals surface area (Å²) in [6.45, 7) is 8.95. The Hall–Kier alpha value is -5.51. The van der Waals surface area contributed by atoms with Crippen LogP contribution in [0.3, 0.4) is 0 Å². The maximum absolute atomic E-state index is 14.3. The molecule has 15 heteroatoms. The van der Waals surface area contributed by atoms with Crippen molar-refractivity contribution in [1.29, 1.82) is 0 Å². The minimum Gasteiger partial charge on any atom is -0.383 e. The first kappa shape index (κ1) is 45.3. The van der Waals surface area contributed by atoms with E-state index in [1.165, 1.54) is 35.6 Å². The van der Waals surface area contributed by atoms with Crippen molar-refractivity contribution in [1.82, 2.24) is 29.9 Å². The Bertz CT molecular complexity index is 3140. The number of ether oxygens (including phenoxy) is 2. The molecule has 2 aromatic carbocycles. The molecule has 8 aromatic rings. The van der Waals surface area contributed by atoms with E-state index in [1.54, 1.807) is 18.5 Å². The van der Waals surface area contributed by atoms with Crippen LogP contribution in [-0.4, -0.2) is 69.4 Å². The van der Waals surface area contributed by atoms with E-state index in [0.717, 1.165) is 130 Å². The van der Waals surface area contributed by atoms with E-state index in [-0.39, 0.29) is 22.5 Å². The molecule has 10 nitrogen and oxygen atoms in total. The highest BCUT2D eigenvalue weighted by Crippen LogP contribution is 2.52. The molecule has 4 aliphatic rings. The van der Waals surface area contributed by atoms with E-state index in [4.69, 9.17) is 31.0 Å². The molecule has 0 bridgehead atoms. The Morgan fingerprint density at radius 1 is 0.642 bits per heavy atom. The monoisotopic (exact) mass is 1040 g/mol. The average Bonchev–Trinajstić information content (AvgIpc) is 3.84. The van der Waals surface area contributed by atoms with Crippen LogP contribution in [0.25, 0.3) is 44.6 Å². The van der Waals surface area contributed by atoms with Gasteiger partial charge in [0.15, 0.2) is 0 Å². The van der Waals surface area contributed by atoms with Crippen molar-refractivity contribution in [2.45, 2.75) is 50.4 Å². The molecule has 1 N–H and O–H groups in total. The molecule has 0 atom stereocenters. The molecule has 340 valence electrons. The Labute approximate surface area is 408 Å². The molecule has 10 heterocycles. The molecule has 0 aliphatic carbocycles. The van der Waals surface area contributed by atoms with Gasteiger partial charge in [-0.1, -0.05) is 23.7 Å².